The van der Waals surface area contributed by atoms with Gasteiger partial charge in [0.1, 0.15) is 12.9 Å². The summed E-state index contributed by atoms with van der Waals surface area (Å²) in [5.41, 5.74) is 0.838. The second-order valence-electron chi connectivity index (χ2n) is 3.80. The monoisotopic (exact) mass is 298 g/mol. The van der Waals surface area contributed by atoms with Crippen LogP contribution in [0.25, 0.3) is 0 Å². The fourth-order valence-electron chi connectivity index (χ4n) is 1.53. The number of carbonyl (C=O) groups excluding carboxylic acids is 1. The highest BCUT2D eigenvalue weighted by Gasteiger charge is 2.09. The van der Waals surface area contributed by atoms with E-state index in [1.165, 1.54) is 12.1 Å². The highest BCUT2D eigenvalue weighted by molar-refractivity contribution is 6.35. The molecule has 0 N–H and O–H groups in total. The Kier molecular flexibility index (Phi) is 4.40. The molecule has 0 aromatic heterocycles. The Hall–Kier alpha value is -1.58. The third-order valence-electron chi connectivity index (χ3n) is 2.53. The summed E-state index contributed by atoms with van der Waals surface area (Å²) in [7, 11) is 0. The van der Waals surface area contributed by atoms with E-state index in [9.17, 15) is 9.18 Å². The number of rotatable bonds is 4. The van der Waals surface area contributed by atoms with Gasteiger partial charge in [-0.05, 0) is 30.3 Å². The van der Waals surface area contributed by atoms with Gasteiger partial charge < -0.3 is 4.74 Å². The van der Waals surface area contributed by atoms with E-state index >= 15 is 0 Å². The molecule has 0 bridgehead atoms. The van der Waals surface area contributed by atoms with Crippen molar-refractivity contribution in [3.05, 3.63) is 63.4 Å². The zero-order valence-electron chi connectivity index (χ0n) is 9.70. The molecular formula is C14H9Cl2FO2. The van der Waals surface area contributed by atoms with E-state index in [1.54, 1.807) is 18.2 Å². The van der Waals surface area contributed by atoms with Gasteiger partial charge in [-0.2, -0.15) is 0 Å². The third kappa shape index (κ3) is 3.25. The van der Waals surface area contributed by atoms with Crippen LogP contribution >= 0.6 is 23.2 Å². The van der Waals surface area contributed by atoms with Crippen LogP contribution < -0.4 is 4.74 Å². The maximum Gasteiger partial charge on any atom is 0.165 e. The molecule has 2 rings (SSSR count). The van der Waals surface area contributed by atoms with Gasteiger partial charge in [-0.1, -0.05) is 29.3 Å². The number of halogens is 3. The smallest absolute Gasteiger partial charge is 0.165 e. The summed E-state index contributed by atoms with van der Waals surface area (Å²) >= 11 is 12.0. The fraction of sp³-hybridized carbons (Fsp3) is 0.0714. The van der Waals surface area contributed by atoms with Gasteiger partial charge in [0.2, 0.25) is 0 Å². The molecule has 98 valence electrons. The zero-order valence-corrected chi connectivity index (χ0v) is 11.2. The lowest BCUT2D eigenvalue weighted by atomic mass is 10.2. The summed E-state index contributed by atoms with van der Waals surface area (Å²) in [4.78, 5) is 10.5. The number of carbonyl (C=O) groups is 1. The number of hydrogen-bond acceptors (Lipinski definition) is 2. The molecule has 0 radical (unpaired) electrons. The van der Waals surface area contributed by atoms with E-state index in [2.05, 4.69) is 0 Å². The molecule has 0 unspecified atom stereocenters. The summed E-state index contributed by atoms with van der Waals surface area (Å²) < 4.78 is 18.9. The van der Waals surface area contributed by atoms with E-state index in [-0.39, 0.29) is 17.9 Å². The van der Waals surface area contributed by atoms with Gasteiger partial charge in [-0.3, -0.25) is 4.79 Å². The van der Waals surface area contributed by atoms with Gasteiger partial charge in [-0.15, -0.1) is 0 Å². The first kappa shape index (κ1) is 13.8. The Morgan fingerprint density at radius 2 is 1.84 bits per heavy atom. The minimum Gasteiger partial charge on any atom is -0.486 e. The van der Waals surface area contributed by atoms with E-state index in [1.807, 2.05) is 0 Å². The van der Waals surface area contributed by atoms with E-state index in [0.29, 0.717) is 21.9 Å². The van der Waals surface area contributed by atoms with Gasteiger partial charge in [0.05, 0.1) is 0 Å². The first-order valence-electron chi connectivity index (χ1n) is 5.42. The SMILES string of the molecule is O=Cc1ccc(OCc2c(Cl)cccc2Cl)c(F)c1. The van der Waals surface area contributed by atoms with Gasteiger partial charge in [-0.25, -0.2) is 4.39 Å². The molecule has 0 saturated heterocycles. The molecule has 0 fully saturated rings. The highest BCUT2D eigenvalue weighted by atomic mass is 35.5. The molecule has 2 nitrogen and oxygen atoms in total. The van der Waals surface area contributed by atoms with Crippen molar-refractivity contribution in [2.45, 2.75) is 6.61 Å². The molecule has 0 amide bonds. The third-order valence-corrected chi connectivity index (χ3v) is 3.23. The lowest BCUT2D eigenvalue weighted by Crippen LogP contribution is -1.99. The van der Waals surface area contributed by atoms with Crippen LogP contribution in [0.4, 0.5) is 4.39 Å². The molecule has 0 atom stereocenters. The molecular weight excluding hydrogens is 290 g/mol. The molecule has 0 spiro atoms. The first-order valence-corrected chi connectivity index (χ1v) is 6.18. The molecule has 0 heterocycles. The van der Waals surface area contributed by atoms with Gasteiger partial charge >= 0.3 is 0 Å². The lowest BCUT2D eigenvalue weighted by Gasteiger charge is -2.10. The van der Waals surface area contributed by atoms with E-state index in [0.717, 1.165) is 6.07 Å². The molecule has 5 heteroatoms. The summed E-state index contributed by atoms with van der Waals surface area (Å²) in [5, 5.41) is 0.912. The zero-order chi connectivity index (χ0) is 13.8. The normalized spacial score (nSPS) is 10.3. The molecule has 2 aromatic carbocycles. The van der Waals surface area contributed by atoms with E-state index in [4.69, 9.17) is 27.9 Å². The number of aldehydes is 1. The Bertz CT molecular complexity index is 594. The van der Waals surface area contributed by atoms with Crippen LogP contribution in [0, 0.1) is 5.82 Å². The first-order chi connectivity index (χ1) is 9.11. The van der Waals surface area contributed by atoms with Crippen molar-refractivity contribution >= 4 is 29.5 Å². The fourth-order valence-corrected chi connectivity index (χ4v) is 2.03. The predicted octanol–water partition coefficient (Wildman–Crippen LogP) is 4.52. The molecule has 0 aliphatic heterocycles. The van der Waals surface area contributed by atoms with Crippen molar-refractivity contribution in [2.75, 3.05) is 0 Å². The summed E-state index contributed by atoms with van der Waals surface area (Å²) in [6.45, 7) is 0.0515. The summed E-state index contributed by atoms with van der Waals surface area (Å²) in [6.07, 6.45) is 0.567. The summed E-state index contributed by atoms with van der Waals surface area (Å²) in [5.74, 6) is -0.561. The Labute approximate surface area is 119 Å². The maximum atomic E-state index is 13.6. The predicted molar refractivity (Wildman–Crippen MR) is 72.6 cm³/mol. The topological polar surface area (TPSA) is 26.3 Å². The molecule has 0 saturated carbocycles. The standard InChI is InChI=1S/C14H9Cl2FO2/c15-11-2-1-3-12(16)10(11)8-19-14-5-4-9(7-18)6-13(14)17/h1-7H,8H2. The maximum absolute atomic E-state index is 13.6. The number of ether oxygens (including phenoxy) is 1. The van der Waals surface area contributed by atoms with Crippen LogP contribution in [-0.4, -0.2) is 6.29 Å². The van der Waals surface area contributed by atoms with Crippen LogP contribution in [0.5, 0.6) is 5.75 Å². The Balaban J connectivity index is 2.17. The van der Waals surface area contributed by atoms with Crippen LogP contribution in [0.3, 0.4) is 0 Å². The number of benzene rings is 2. The highest BCUT2D eigenvalue weighted by Crippen LogP contribution is 2.26. The Morgan fingerprint density at radius 3 is 2.42 bits per heavy atom. The minimum atomic E-state index is -0.604. The van der Waals surface area contributed by atoms with Gasteiger partial charge in [0.15, 0.2) is 11.6 Å². The van der Waals surface area contributed by atoms with Crippen molar-refractivity contribution in [1.82, 2.24) is 0 Å². The Morgan fingerprint density at radius 1 is 1.16 bits per heavy atom. The average molecular weight is 299 g/mol. The second-order valence-corrected chi connectivity index (χ2v) is 4.61. The molecule has 0 aliphatic rings. The second kappa shape index (κ2) is 6.04. The largest absolute Gasteiger partial charge is 0.486 e. The van der Waals surface area contributed by atoms with Crippen LogP contribution in [0.1, 0.15) is 15.9 Å². The van der Waals surface area contributed by atoms with Gasteiger partial charge in [0, 0.05) is 21.2 Å². The van der Waals surface area contributed by atoms with E-state index < -0.39 is 5.82 Å². The molecule has 19 heavy (non-hydrogen) atoms. The van der Waals surface area contributed by atoms with Gasteiger partial charge in [0.25, 0.3) is 0 Å². The summed E-state index contributed by atoms with van der Waals surface area (Å²) in [6, 6.07) is 9.05. The quantitative estimate of drug-likeness (QED) is 0.776. The lowest BCUT2D eigenvalue weighted by molar-refractivity contribution is 0.112. The van der Waals surface area contributed by atoms with Crippen molar-refractivity contribution in [3.63, 3.8) is 0 Å². The van der Waals surface area contributed by atoms with Crippen molar-refractivity contribution < 1.29 is 13.9 Å². The molecule has 2 aromatic rings. The van der Waals surface area contributed by atoms with Crippen LogP contribution in [0.2, 0.25) is 10.0 Å². The number of hydrogen-bond donors (Lipinski definition) is 0. The van der Waals surface area contributed by atoms with Crippen LogP contribution in [0.15, 0.2) is 36.4 Å². The van der Waals surface area contributed by atoms with Crippen LogP contribution in [-0.2, 0) is 6.61 Å². The minimum absolute atomic E-state index is 0.0431. The molecule has 0 aliphatic carbocycles. The van der Waals surface area contributed by atoms with Crippen molar-refractivity contribution in [3.8, 4) is 5.75 Å². The van der Waals surface area contributed by atoms with Crippen molar-refractivity contribution in [2.24, 2.45) is 0 Å². The van der Waals surface area contributed by atoms with Crippen molar-refractivity contribution in [1.29, 1.82) is 0 Å². The average Bonchev–Trinajstić information content (AvgIpc) is 2.39.